The maximum atomic E-state index is 14.0. The maximum absolute atomic E-state index is 14.0. The second-order valence-electron chi connectivity index (χ2n) is 11.1. The van der Waals surface area contributed by atoms with E-state index in [1.165, 1.54) is 18.2 Å². The van der Waals surface area contributed by atoms with Gasteiger partial charge >= 0.3 is 18.0 Å². The van der Waals surface area contributed by atoms with Crippen molar-refractivity contribution in [3.63, 3.8) is 0 Å². The number of rotatable bonds is 11. The van der Waals surface area contributed by atoms with Crippen LogP contribution < -0.4 is 10.6 Å². The van der Waals surface area contributed by atoms with E-state index in [1.807, 2.05) is 26.0 Å². The number of carbonyl (C=O) groups excluding carboxylic acids is 1. The number of pyridine rings is 1. The number of nitrogens with one attached hydrogen (secondary N) is 2. The molecule has 2 aromatic carbocycles. The van der Waals surface area contributed by atoms with Gasteiger partial charge in [-0.1, -0.05) is 44.2 Å². The number of aliphatic hydroxyl groups is 2. The molecule has 1 aliphatic rings. The lowest BCUT2D eigenvalue weighted by molar-refractivity contribution is -0.139. The van der Waals surface area contributed by atoms with E-state index in [9.17, 15) is 29.0 Å². The van der Waals surface area contributed by atoms with Crippen LogP contribution in [0.2, 0.25) is 0 Å². The quantitative estimate of drug-likeness (QED) is 0.178. The number of aromatic nitrogens is 1. The van der Waals surface area contributed by atoms with Gasteiger partial charge < -0.3 is 31.1 Å². The number of carboxylic acids is 2. The van der Waals surface area contributed by atoms with E-state index >= 15 is 0 Å². The lowest BCUT2D eigenvalue weighted by atomic mass is 9.86. The minimum absolute atomic E-state index is 0.0561. The van der Waals surface area contributed by atoms with Gasteiger partial charge in [-0.15, -0.1) is 0 Å². The number of halogens is 1. The highest BCUT2D eigenvalue weighted by Crippen LogP contribution is 2.42. The number of carbonyl (C=O) groups is 3. The van der Waals surface area contributed by atoms with Crippen molar-refractivity contribution in [3.8, 4) is 22.4 Å². The zero-order chi connectivity index (χ0) is 32.0. The van der Waals surface area contributed by atoms with Crippen LogP contribution >= 0.6 is 0 Å². The summed E-state index contributed by atoms with van der Waals surface area (Å²) in [5.74, 6) is -2.74. The van der Waals surface area contributed by atoms with E-state index in [1.54, 1.807) is 24.3 Å². The first kappa shape index (κ1) is 32.3. The van der Waals surface area contributed by atoms with Crippen LogP contribution in [0, 0.1) is 5.82 Å². The Morgan fingerprint density at radius 3 is 2.41 bits per heavy atom. The molecule has 0 radical (unpaired) electrons. The predicted octanol–water partition coefficient (Wildman–Crippen LogP) is 4.97. The van der Waals surface area contributed by atoms with Crippen molar-refractivity contribution in [3.05, 3.63) is 76.7 Å². The molecule has 1 aromatic heterocycles. The number of aliphatic carboxylic acids is 2. The van der Waals surface area contributed by atoms with Gasteiger partial charge in [0.25, 0.3) is 0 Å². The van der Waals surface area contributed by atoms with Gasteiger partial charge in [-0.25, -0.2) is 9.18 Å². The molecule has 0 unspecified atom stereocenters. The van der Waals surface area contributed by atoms with Gasteiger partial charge in [0.15, 0.2) is 0 Å². The molecule has 0 bridgehead atoms. The Morgan fingerprint density at radius 1 is 1.02 bits per heavy atom. The van der Waals surface area contributed by atoms with Crippen LogP contribution in [0.5, 0.6) is 0 Å². The molecular weight excluding hydrogens is 569 g/mol. The molecule has 232 valence electrons. The highest BCUT2D eigenvalue weighted by Gasteiger charge is 2.26. The number of anilines is 1. The summed E-state index contributed by atoms with van der Waals surface area (Å²) in [5, 5.41) is 43.3. The van der Waals surface area contributed by atoms with Gasteiger partial charge in [-0.2, -0.15) is 0 Å². The minimum Gasteiger partial charge on any atom is -0.481 e. The standard InChI is InChI=1S/C33H36FN3O7/c1-18(2)31-27(13-11-23(38)15-24(39)16-28(40)41)30(19-6-8-21(34)9-7-19)26-5-3-4-20-14-22(10-12-25(20)32(26)37-31)36-33(44)35-17-29(42)43/h6-14,18,23-24,38-39H,3-5,15-17H2,1-2H3,(H,40,41)(H,42,43)(H2,35,36,44)/b13-11+/t23-,24-/m1/s1. The van der Waals surface area contributed by atoms with Gasteiger partial charge in [-0.3, -0.25) is 14.6 Å². The highest BCUT2D eigenvalue weighted by atomic mass is 19.1. The Kier molecular flexibility index (Phi) is 10.5. The molecule has 44 heavy (non-hydrogen) atoms. The predicted molar refractivity (Wildman–Crippen MR) is 164 cm³/mol. The van der Waals surface area contributed by atoms with Crippen LogP contribution in [0.1, 0.15) is 61.4 Å². The molecular formula is C33H36FN3O7. The number of hydrogen-bond donors (Lipinski definition) is 6. The Morgan fingerprint density at radius 2 is 1.75 bits per heavy atom. The van der Waals surface area contributed by atoms with Gasteiger partial charge in [0.1, 0.15) is 12.4 Å². The smallest absolute Gasteiger partial charge is 0.323 e. The zero-order valence-corrected chi connectivity index (χ0v) is 24.5. The van der Waals surface area contributed by atoms with Crippen LogP contribution in [0.3, 0.4) is 0 Å². The van der Waals surface area contributed by atoms with Crippen LogP contribution in [0.15, 0.2) is 48.5 Å². The monoisotopic (exact) mass is 605 g/mol. The summed E-state index contributed by atoms with van der Waals surface area (Å²) >= 11 is 0. The van der Waals surface area contributed by atoms with Crippen LogP contribution in [0.25, 0.3) is 28.5 Å². The topological polar surface area (TPSA) is 169 Å². The van der Waals surface area contributed by atoms with E-state index in [0.29, 0.717) is 18.5 Å². The average Bonchev–Trinajstić information content (AvgIpc) is 3.13. The first-order chi connectivity index (χ1) is 20.9. The third kappa shape index (κ3) is 8.06. The largest absolute Gasteiger partial charge is 0.481 e. The fraction of sp³-hybridized carbons (Fsp3) is 0.333. The maximum Gasteiger partial charge on any atom is 0.323 e. The van der Waals surface area contributed by atoms with Crippen molar-refractivity contribution in [2.24, 2.45) is 0 Å². The number of fused-ring (bicyclic) bond motifs is 3. The van der Waals surface area contributed by atoms with Gasteiger partial charge in [0.2, 0.25) is 0 Å². The van der Waals surface area contributed by atoms with Crippen LogP contribution in [-0.4, -0.2) is 62.1 Å². The molecule has 2 amide bonds. The fourth-order valence-electron chi connectivity index (χ4n) is 5.42. The van der Waals surface area contributed by atoms with Crippen LogP contribution in [0.4, 0.5) is 14.9 Å². The van der Waals surface area contributed by atoms with Gasteiger partial charge in [0, 0.05) is 23.2 Å². The van der Waals surface area contributed by atoms with E-state index in [-0.39, 0.29) is 18.2 Å². The van der Waals surface area contributed by atoms with Crippen molar-refractivity contribution >= 4 is 29.7 Å². The number of nitrogens with zero attached hydrogens (tertiary/aromatic N) is 1. The summed E-state index contributed by atoms with van der Waals surface area (Å²) in [4.78, 5) is 39.0. The first-order valence-corrected chi connectivity index (χ1v) is 14.4. The molecule has 0 fully saturated rings. The molecule has 4 rings (SSSR count). The number of urea groups is 1. The Hall–Kier alpha value is -4.61. The summed E-state index contributed by atoms with van der Waals surface area (Å²) in [6.45, 7) is 3.48. The summed E-state index contributed by atoms with van der Waals surface area (Å²) in [6, 6.07) is 11.0. The number of aryl methyl sites for hydroxylation is 1. The van der Waals surface area contributed by atoms with Gasteiger partial charge in [-0.05, 0) is 71.7 Å². The van der Waals surface area contributed by atoms with Crippen molar-refractivity contribution in [2.45, 2.75) is 64.1 Å². The second kappa shape index (κ2) is 14.2. The van der Waals surface area contributed by atoms with Crippen molar-refractivity contribution in [1.29, 1.82) is 0 Å². The first-order valence-electron chi connectivity index (χ1n) is 14.4. The van der Waals surface area contributed by atoms with E-state index in [4.69, 9.17) is 15.2 Å². The minimum atomic E-state index is -1.21. The Bertz CT molecular complexity index is 1570. The Balaban J connectivity index is 1.82. The molecule has 2 atom stereocenters. The second-order valence-corrected chi connectivity index (χ2v) is 11.1. The summed E-state index contributed by atoms with van der Waals surface area (Å²) in [5.41, 5.74) is 7.15. The number of amides is 2. The zero-order valence-electron chi connectivity index (χ0n) is 24.5. The molecule has 0 saturated heterocycles. The van der Waals surface area contributed by atoms with Crippen LogP contribution in [-0.2, 0) is 22.4 Å². The summed E-state index contributed by atoms with van der Waals surface area (Å²) in [6.07, 6.45) is 2.39. The fourth-order valence-corrected chi connectivity index (χ4v) is 5.42. The molecule has 0 aliphatic heterocycles. The Labute approximate surface area is 254 Å². The molecule has 10 nitrogen and oxygen atoms in total. The molecule has 3 aromatic rings. The number of aliphatic hydroxyl groups excluding tert-OH is 2. The SMILES string of the molecule is CC(C)c1nc2c(c(-c3ccc(F)cc3)c1/C=C/[C@@H](O)C[C@@H](O)CC(=O)O)CCCc1cc(NC(=O)NCC(=O)O)ccc1-2. The molecule has 11 heteroatoms. The third-order valence-corrected chi connectivity index (χ3v) is 7.35. The lowest BCUT2D eigenvalue weighted by Gasteiger charge is -2.22. The molecule has 1 aliphatic carbocycles. The van der Waals surface area contributed by atoms with Crippen molar-refractivity contribution in [2.75, 3.05) is 11.9 Å². The molecule has 1 heterocycles. The van der Waals surface area contributed by atoms with Gasteiger partial charge in [0.05, 0.1) is 30.0 Å². The van der Waals surface area contributed by atoms with E-state index in [2.05, 4.69) is 10.6 Å². The summed E-state index contributed by atoms with van der Waals surface area (Å²) in [7, 11) is 0. The number of carboxylic acid groups (broad SMARTS) is 2. The normalized spacial score (nSPS) is 14.0. The third-order valence-electron chi connectivity index (χ3n) is 7.35. The van der Waals surface area contributed by atoms with Crippen molar-refractivity contribution in [1.82, 2.24) is 10.3 Å². The number of benzene rings is 2. The summed E-state index contributed by atoms with van der Waals surface area (Å²) < 4.78 is 14.0. The van der Waals surface area contributed by atoms with E-state index in [0.717, 1.165) is 51.2 Å². The number of hydrogen-bond acceptors (Lipinski definition) is 6. The van der Waals surface area contributed by atoms with Crippen molar-refractivity contribution < 1.29 is 39.2 Å². The van der Waals surface area contributed by atoms with E-state index < -0.39 is 43.1 Å². The molecule has 6 N–H and O–H groups in total. The highest BCUT2D eigenvalue weighted by molar-refractivity contribution is 5.92. The average molecular weight is 606 g/mol. The molecule has 0 spiro atoms. The lowest BCUT2D eigenvalue weighted by Crippen LogP contribution is -2.33. The molecule has 0 saturated carbocycles.